The lowest BCUT2D eigenvalue weighted by Crippen LogP contribution is -2.45. The van der Waals surface area contributed by atoms with E-state index in [9.17, 15) is 15.0 Å². The van der Waals surface area contributed by atoms with Crippen LogP contribution in [-0.4, -0.2) is 34.9 Å². The molecule has 66 heavy (non-hydrogen) atoms. The monoisotopic (exact) mass is 920 g/mol. The second-order valence-electron chi connectivity index (χ2n) is 19.7. The van der Waals surface area contributed by atoms with Gasteiger partial charge in [0, 0.05) is 6.42 Å². The molecule has 2 unspecified atom stereocenters. The maximum atomic E-state index is 12.5. The fraction of sp³-hybridized carbons (Fsp3) is 0.790. The van der Waals surface area contributed by atoms with Crippen molar-refractivity contribution >= 4 is 5.91 Å². The first-order chi connectivity index (χ1) is 32.7. The molecule has 0 saturated carbocycles. The number of unbranched alkanes of at least 4 members (excludes halogenated alkanes) is 36. The second kappa shape index (κ2) is 57.1. The van der Waals surface area contributed by atoms with E-state index in [2.05, 4.69) is 79.9 Å². The van der Waals surface area contributed by atoms with E-state index in [-0.39, 0.29) is 12.5 Å². The highest BCUT2D eigenvalue weighted by Crippen LogP contribution is 2.17. The van der Waals surface area contributed by atoms with E-state index in [1.54, 1.807) is 6.08 Å². The molecular formula is C62H113NO3. The van der Waals surface area contributed by atoms with Crippen LogP contribution >= 0.6 is 0 Å². The number of allylic oxidation sites excluding steroid dienone is 11. The lowest BCUT2D eigenvalue weighted by Gasteiger charge is -2.20. The van der Waals surface area contributed by atoms with Gasteiger partial charge in [-0.2, -0.15) is 0 Å². The molecule has 0 aromatic carbocycles. The molecule has 0 heterocycles. The van der Waals surface area contributed by atoms with Gasteiger partial charge in [-0.15, -0.1) is 0 Å². The summed E-state index contributed by atoms with van der Waals surface area (Å²) in [7, 11) is 0. The Kier molecular flexibility index (Phi) is 55.3. The van der Waals surface area contributed by atoms with E-state index >= 15 is 0 Å². The molecule has 0 aromatic rings. The van der Waals surface area contributed by atoms with Gasteiger partial charge in [-0.3, -0.25) is 4.79 Å². The van der Waals surface area contributed by atoms with Crippen molar-refractivity contribution in [2.45, 2.75) is 309 Å². The minimum Gasteiger partial charge on any atom is -0.394 e. The first-order valence-corrected chi connectivity index (χ1v) is 29.2. The highest BCUT2D eigenvalue weighted by molar-refractivity contribution is 5.76. The van der Waals surface area contributed by atoms with Gasteiger partial charge in [-0.25, -0.2) is 0 Å². The van der Waals surface area contributed by atoms with Crippen LogP contribution in [0.25, 0.3) is 0 Å². The van der Waals surface area contributed by atoms with E-state index in [4.69, 9.17) is 0 Å². The molecule has 0 aliphatic carbocycles. The lowest BCUT2D eigenvalue weighted by molar-refractivity contribution is -0.123. The number of nitrogens with one attached hydrogen (secondary N) is 1. The van der Waals surface area contributed by atoms with Crippen LogP contribution in [0.3, 0.4) is 0 Å². The molecular weight excluding hydrogens is 807 g/mol. The number of rotatable bonds is 53. The van der Waals surface area contributed by atoms with Crippen molar-refractivity contribution in [3.05, 3.63) is 72.9 Å². The smallest absolute Gasteiger partial charge is 0.220 e. The van der Waals surface area contributed by atoms with Crippen LogP contribution in [0.15, 0.2) is 72.9 Å². The molecule has 4 nitrogen and oxygen atoms in total. The minimum absolute atomic E-state index is 0.0607. The standard InChI is InChI=1S/C62H113NO3/c1-3-5-7-9-11-13-15-17-19-20-21-22-23-24-25-26-27-28-29-30-31-32-33-34-35-36-37-38-39-40-41-42-44-46-48-50-52-54-56-58-62(66)63-60(59-64)61(65)57-55-53-51-49-47-45-43-18-16-14-12-10-8-6-4-2/h5,7,11,13,17,19,21-22,24-25,55,57,60-61,64-65H,3-4,6,8-10,12,14-16,18,20,23,26-54,56,58-59H2,1-2H3,(H,63,66)/b7-5-,13-11-,19-17-,22-21-,25-24-,57-55+. The van der Waals surface area contributed by atoms with Gasteiger partial charge in [0.15, 0.2) is 0 Å². The lowest BCUT2D eigenvalue weighted by atomic mass is 10.0. The number of hydrogen-bond acceptors (Lipinski definition) is 3. The SMILES string of the molecule is CC/C=C\C/C=C\C/C=C\C/C=C\C/C=C\CCCCCCCCCCCCCCCCCCCCCCCCCC(=O)NC(CO)C(O)/C=C/CCCCCCCCCCCCCCC. The largest absolute Gasteiger partial charge is 0.394 e. The summed E-state index contributed by atoms with van der Waals surface area (Å²) in [5.41, 5.74) is 0. The Bertz CT molecular complexity index is 1130. The highest BCUT2D eigenvalue weighted by atomic mass is 16.3. The van der Waals surface area contributed by atoms with E-state index < -0.39 is 12.1 Å². The summed E-state index contributed by atoms with van der Waals surface area (Å²) in [6, 6.07) is -0.622. The summed E-state index contributed by atoms with van der Waals surface area (Å²) in [5, 5.41) is 23.1. The Balaban J connectivity index is 3.42. The van der Waals surface area contributed by atoms with E-state index in [0.717, 1.165) is 57.8 Å². The van der Waals surface area contributed by atoms with Gasteiger partial charge >= 0.3 is 0 Å². The third-order valence-electron chi connectivity index (χ3n) is 13.2. The molecule has 384 valence electrons. The fourth-order valence-electron chi connectivity index (χ4n) is 8.80. The van der Waals surface area contributed by atoms with Crippen LogP contribution in [0, 0.1) is 0 Å². The molecule has 4 heteroatoms. The summed E-state index contributed by atoms with van der Waals surface area (Å²) in [6.45, 7) is 4.21. The van der Waals surface area contributed by atoms with Crippen LogP contribution in [0.5, 0.6) is 0 Å². The number of aliphatic hydroxyl groups is 2. The van der Waals surface area contributed by atoms with Gasteiger partial charge < -0.3 is 15.5 Å². The Labute approximate surface area is 412 Å². The molecule has 0 aliphatic heterocycles. The summed E-state index contributed by atoms with van der Waals surface area (Å²) in [4.78, 5) is 12.5. The topological polar surface area (TPSA) is 69.6 Å². The third kappa shape index (κ3) is 52.8. The molecule has 2 atom stereocenters. The zero-order valence-electron chi connectivity index (χ0n) is 44.2. The van der Waals surface area contributed by atoms with E-state index in [0.29, 0.717) is 6.42 Å². The summed E-state index contributed by atoms with van der Waals surface area (Å²) < 4.78 is 0. The molecule has 0 rings (SSSR count). The van der Waals surface area contributed by atoms with Crippen LogP contribution < -0.4 is 5.32 Å². The number of carbonyl (C=O) groups excluding carboxylic acids is 1. The van der Waals surface area contributed by atoms with Gasteiger partial charge in [0.1, 0.15) is 0 Å². The molecule has 0 aliphatic rings. The maximum absolute atomic E-state index is 12.5. The summed E-state index contributed by atoms with van der Waals surface area (Å²) in [5.74, 6) is -0.0607. The Hall–Kier alpha value is -2.17. The molecule has 0 radical (unpaired) electrons. The predicted octanol–water partition coefficient (Wildman–Crippen LogP) is 19.4. The number of carbonyl (C=O) groups is 1. The van der Waals surface area contributed by atoms with Crippen LogP contribution in [0.2, 0.25) is 0 Å². The van der Waals surface area contributed by atoms with Gasteiger partial charge in [0.25, 0.3) is 0 Å². The van der Waals surface area contributed by atoms with Crippen molar-refractivity contribution in [3.63, 3.8) is 0 Å². The molecule has 0 aromatic heterocycles. The van der Waals surface area contributed by atoms with Gasteiger partial charge in [0.2, 0.25) is 5.91 Å². The van der Waals surface area contributed by atoms with Crippen molar-refractivity contribution < 1.29 is 15.0 Å². The third-order valence-corrected chi connectivity index (χ3v) is 13.2. The number of amides is 1. The maximum Gasteiger partial charge on any atom is 0.220 e. The highest BCUT2D eigenvalue weighted by Gasteiger charge is 2.18. The Morgan fingerprint density at radius 1 is 0.379 bits per heavy atom. The predicted molar refractivity (Wildman–Crippen MR) is 294 cm³/mol. The summed E-state index contributed by atoms with van der Waals surface area (Å²) >= 11 is 0. The van der Waals surface area contributed by atoms with Gasteiger partial charge in [0.05, 0.1) is 18.8 Å². The average Bonchev–Trinajstić information content (AvgIpc) is 3.32. The zero-order chi connectivity index (χ0) is 47.7. The van der Waals surface area contributed by atoms with Crippen LogP contribution in [-0.2, 0) is 4.79 Å². The van der Waals surface area contributed by atoms with E-state index in [1.165, 1.54) is 218 Å². The van der Waals surface area contributed by atoms with Crippen LogP contribution in [0.1, 0.15) is 296 Å². The molecule has 1 amide bonds. The number of aliphatic hydroxyl groups excluding tert-OH is 2. The first-order valence-electron chi connectivity index (χ1n) is 29.2. The van der Waals surface area contributed by atoms with Crippen molar-refractivity contribution in [3.8, 4) is 0 Å². The van der Waals surface area contributed by atoms with Crippen molar-refractivity contribution in [2.24, 2.45) is 0 Å². The normalized spacial score (nSPS) is 13.3. The van der Waals surface area contributed by atoms with Crippen LogP contribution in [0.4, 0.5) is 0 Å². The fourth-order valence-corrected chi connectivity index (χ4v) is 8.80. The van der Waals surface area contributed by atoms with Gasteiger partial charge in [-0.05, 0) is 64.2 Å². The van der Waals surface area contributed by atoms with Gasteiger partial charge in [-0.1, -0.05) is 299 Å². The molecule has 0 bridgehead atoms. The summed E-state index contributed by atoms with van der Waals surface area (Å²) in [6.07, 6.45) is 82.2. The number of hydrogen-bond donors (Lipinski definition) is 3. The zero-order valence-corrected chi connectivity index (χ0v) is 44.2. The molecule has 3 N–H and O–H groups in total. The Morgan fingerprint density at radius 3 is 1.00 bits per heavy atom. The average molecular weight is 921 g/mol. The molecule has 0 spiro atoms. The first kappa shape index (κ1) is 63.8. The van der Waals surface area contributed by atoms with Crippen molar-refractivity contribution in [2.75, 3.05) is 6.61 Å². The van der Waals surface area contributed by atoms with Crippen molar-refractivity contribution in [1.29, 1.82) is 0 Å². The minimum atomic E-state index is -0.839. The van der Waals surface area contributed by atoms with E-state index in [1.807, 2.05) is 6.08 Å². The Morgan fingerprint density at radius 2 is 0.667 bits per heavy atom. The quantitative estimate of drug-likeness (QED) is 0.0421. The van der Waals surface area contributed by atoms with Crippen molar-refractivity contribution in [1.82, 2.24) is 5.32 Å². The molecule has 0 fully saturated rings. The second-order valence-corrected chi connectivity index (χ2v) is 19.7. The molecule has 0 saturated heterocycles.